The van der Waals surface area contributed by atoms with Crippen molar-refractivity contribution in [2.24, 2.45) is 0 Å². The van der Waals surface area contributed by atoms with Crippen LogP contribution < -0.4 is 14.8 Å². The lowest BCUT2D eigenvalue weighted by Gasteiger charge is -2.42. The molecule has 0 heterocycles. The number of carbonyl (C=O) groups is 2. The van der Waals surface area contributed by atoms with Gasteiger partial charge in [0.05, 0.1) is 20.2 Å². The molecule has 2 rings (SSSR count). The Bertz CT molecular complexity index is 616. The first-order valence-corrected chi connectivity index (χ1v) is 9.17. The number of hydrogen-bond donors (Lipinski definition) is 2. The predicted octanol–water partition coefficient (Wildman–Crippen LogP) is 1.65. The maximum Gasteiger partial charge on any atom is 0.317 e. The zero-order chi connectivity index (χ0) is 19.8. The standard InChI is InChI=1S/C19H29N3O5/c1-4-22(13-18(23)24)15-11-14(12-15)20-19(25)21(2)9-10-27-17-7-5-16(26-3)6-8-17/h5-8,14-15H,4,9-13H2,1-3H3,(H,20,25)(H,23,24). The highest BCUT2D eigenvalue weighted by Crippen LogP contribution is 2.25. The first kappa shape index (κ1) is 20.8. The van der Waals surface area contributed by atoms with Crippen molar-refractivity contribution in [3.8, 4) is 11.5 Å². The number of methoxy groups -OCH3 is 1. The van der Waals surface area contributed by atoms with Crippen molar-refractivity contribution in [3.63, 3.8) is 0 Å². The lowest BCUT2D eigenvalue weighted by atomic mass is 9.85. The van der Waals surface area contributed by atoms with E-state index >= 15 is 0 Å². The van der Waals surface area contributed by atoms with E-state index in [0.717, 1.165) is 24.3 Å². The lowest BCUT2D eigenvalue weighted by molar-refractivity contribution is -0.139. The van der Waals surface area contributed by atoms with E-state index in [1.54, 1.807) is 19.1 Å². The molecule has 0 saturated heterocycles. The summed E-state index contributed by atoms with van der Waals surface area (Å²) in [6.45, 7) is 3.55. The molecule has 0 radical (unpaired) electrons. The highest BCUT2D eigenvalue weighted by molar-refractivity contribution is 5.74. The van der Waals surface area contributed by atoms with Crippen LogP contribution >= 0.6 is 0 Å². The van der Waals surface area contributed by atoms with Crippen LogP contribution in [0.25, 0.3) is 0 Å². The molecule has 0 bridgehead atoms. The van der Waals surface area contributed by atoms with E-state index in [9.17, 15) is 9.59 Å². The molecule has 8 heteroatoms. The Morgan fingerprint density at radius 1 is 1.22 bits per heavy atom. The minimum atomic E-state index is -0.819. The van der Waals surface area contributed by atoms with Crippen LogP contribution in [0, 0.1) is 0 Å². The molecular weight excluding hydrogens is 350 g/mol. The summed E-state index contributed by atoms with van der Waals surface area (Å²) in [6, 6.07) is 7.47. The van der Waals surface area contributed by atoms with Crippen LogP contribution in [0.15, 0.2) is 24.3 Å². The Hall–Kier alpha value is -2.48. The van der Waals surface area contributed by atoms with Gasteiger partial charge in [0.15, 0.2) is 0 Å². The summed E-state index contributed by atoms with van der Waals surface area (Å²) in [7, 11) is 3.34. The second-order valence-corrected chi connectivity index (χ2v) is 6.67. The van der Waals surface area contributed by atoms with Gasteiger partial charge in [-0.25, -0.2) is 4.79 Å². The number of hydrogen-bond acceptors (Lipinski definition) is 5. The lowest BCUT2D eigenvalue weighted by Crippen LogP contribution is -2.56. The number of rotatable bonds is 10. The summed E-state index contributed by atoms with van der Waals surface area (Å²) >= 11 is 0. The fourth-order valence-corrected chi connectivity index (χ4v) is 3.04. The van der Waals surface area contributed by atoms with Crippen molar-refractivity contribution in [1.82, 2.24) is 15.1 Å². The summed E-state index contributed by atoms with van der Waals surface area (Å²) < 4.78 is 10.7. The van der Waals surface area contributed by atoms with Gasteiger partial charge in [0.1, 0.15) is 18.1 Å². The third kappa shape index (κ3) is 6.32. The zero-order valence-electron chi connectivity index (χ0n) is 16.2. The molecule has 0 aromatic heterocycles. The van der Waals surface area contributed by atoms with Gasteiger partial charge in [-0.3, -0.25) is 9.69 Å². The number of ether oxygens (including phenoxy) is 2. The van der Waals surface area contributed by atoms with Crippen LogP contribution in [0.3, 0.4) is 0 Å². The highest BCUT2D eigenvalue weighted by atomic mass is 16.5. The van der Waals surface area contributed by atoms with Crippen LogP contribution in [-0.2, 0) is 4.79 Å². The number of carbonyl (C=O) groups excluding carboxylic acids is 1. The average Bonchev–Trinajstić information content (AvgIpc) is 2.62. The SMILES string of the molecule is CCN(CC(=O)O)C1CC(NC(=O)N(C)CCOc2ccc(OC)cc2)C1. The minimum absolute atomic E-state index is 0.0461. The number of amides is 2. The monoisotopic (exact) mass is 379 g/mol. The molecule has 1 aliphatic rings. The fraction of sp³-hybridized carbons (Fsp3) is 0.579. The van der Waals surface area contributed by atoms with Gasteiger partial charge in [-0.1, -0.05) is 6.92 Å². The quantitative estimate of drug-likeness (QED) is 0.642. The number of nitrogens with zero attached hydrogens (tertiary/aromatic N) is 2. The van der Waals surface area contributed by atoms with Crippen LogP contribution in [0.4, 0.5) is 4.79 Å². The van der Waals surface area contributed by atoms with Crippen LogP contribution in [0.5, 0.6) is 11.5 Å². The Morgan fingerprint density at radius 2 is 1.85 bits per heavy atom. The third-order valence-corrected chi connectivity index (χ3v) is 4.80. The number of carboxylic acid groups (broad SMARTS) is 1. The number of nitrogens with one attached hydrogen (secondary N) is 1. The van der Waals surface area contributed by atoms with E-state index in [1.165, 1.54) is 0 Å². The molecule has 27 heavy (non-hydrogen) atoms. The highest BCUT2D eigenvalue weighted by Gasteiger charge is 2.35. The molecule has 1 aromatic rings. The molecule has 1 saturated carbocycles. The topological polar surface area (TPSA) is 91.3 Å². The van der Waals surface area contributed by atoms with Gasteiger partial charge in [-0.2, -0.15) is 0 Å². The van der Waals surface area contributed by atoms with Crippen LogP contribution in [-0.4, -0.2) is 79.4 Å². The van der Waals surface area contributed by atoms with Gasteiger partial charge < -0.3 is 24.8 Å². The minimum Gasteiger partial charge on any atom is -0.497 e. The van der Waals surface area contributed by atoms with Crippen molar-refractivity contribution in [1.29, 1.82) is 0 Å². The largest absolute Gasteiger partial charge is 0.497 e. The van der Waals surface area contributed by atoms with Gasteiger partial charge >= 0.3 is 12.0 Å². The molecule has 0 spiro atoms. The molecule has 0 unspecified atom stereocenters. The second kappa shape index (κ2) is 10.0. The summed E-state index contributed by atoms with van der Waals surface area (Å²) in [5, 5.41) is 11.9. The normalized spacial score (nSPS) is 18.5. The molecule has 1 aromatic carbocycles. The van der Waals surface area contributed by atoms with Gasteiger partial charge in [0.2, 0.25) is 0 Å². The summed E-state index contributed by atoms with van der Waals surface area (Å²) in [5.41, 5.74) is 0. The number of likely N-dealkylation sites (N-methyl/N-ethyl adjacent to an activating group) is 2. The average molecular weight is 379 g/mol. The fourth-order valence-electron chi connectivity index (χ4n) is 3.04. The third-order valence-electron chi connectivity index (χ3n) is 4.80. The van der Waals surface area contributed by atoms with Crippen LogP contribution in [0.2, 0.25) is 0 Å². The summed E-state index contributed by atoms with van der Waals surface area (Å²) in [5.74, 6) is 0.674. The van der Waals surface area contributed by atoms with Crippen molar-refractivity contribution in [2.45, 2.75) is 31.8 Å². The van der Waals surface area contributed by atoms with Crippen molar-refractivity contribution in [2.75, 3.05) is 40.4 Å². The smallest absolute Gasteiger partial charge is 0.317 e. The maximum absolute atomic E-state index is 12.2. The van der Waals surface area contributed by atoms with E-state index in [1.807, 2.05) is 36.1 Å². The number of urea groups is 1. The molecule has 0 atom stereocenters. The molecule has 150 valence electrons. The molecule has 2 N–H and O–H groups in total. The summed E-state index contributed by atoms with van der Waals surface area (Å²) in [4.78, 5) is 26.6. The number of benzene rings is 1. The Kier molecular flexibility index (Phi) is 7.72. The Labute approximate surface area is 160 Å². The Balaban J connectivity index is 1.65. The first-order chi connectivity index (χ1) is 12.9. The first-order valence-electron chi connectivity index (χ1n) is 9.17. The van der Waals surface area contributed by atoms with Gasteiger partial charge in [0.25, 0.3) is 0 Å². The van der Waals surface area contributed by atoms with Crippen LogP contribution in [0.1, 0.15) is 19.8 Å². The number of aliphatic carboxylic acids is 1. The molecular formula is C19H29N3O5. The van der Waals surface area contributed by atoms with Gasteiger partial charge in [-0.05, 0) is 43.7 Å². The molecule has 2 amide bonds. The Morgan fingerprint density at radius 3 is 2.41 bits per heavy atom. The molecule has 1 aliphatic carbocycles. The molecule has 1 fully saturated rings. The van der Waals surface area contributed by atoms with E-state index in [2.05, 4.69) is 5.32 Å². The summed E-state index contributed by atoms with van der Waals surface area (Å²) in [6.07, 6.45) is 1.56. The van der Waals surface area contributed by atoms with E-state index in [4.69, 9.17) is 14.6 Å². The number of carboxylic acids is 1. The van der Waals surface area contributed by atoms with Crippen molar-refractivity contribution in [3.05, 3.63) is 24.3 Å². The van der Waals surface area contributed by atoms with E-state index in [-0.39, 0.29) is 24.7 Å². The molecule has 8 nitrogen and oxygen atoms in total. The zero-order valence-corrected chi connectivity index (χ0v) is 16.2. The van der Waals surface area contributed by atoms with E-state index < -0.39 is 5.97 Å². The second-order valence-electron chi connectivity index (χ2n) is 6.67. The predicted molar refractivity (Wildman–Crippen MR) is 101 cm³/mol. The van der Waals surface area contributed by atoms with E-state index in [0.29, 0.717) is 19.7 Å². The van der Waals surface area contributed by atoms with Crippen molar-refractivity contribution >= 4 is 12.0 Å². The van der Waals surface area contributed by atoms with Crippen molar-refractivity contribution < 1.29 is 24.2 Å². The molecule has 0 aliphatic heterocycles. The van der Waals surface area contributed by atoms with Gasteiger partial charge in [-0.15, -0.1) is 0 Å². The maximum atomic E-state index is 12.2. The van der Waals surface area contributed by atoms with Gasteiger partial charge in [0, 0.05) is 19.1 Å².